The molecule has 2 rings (SSSR count). The summed E-state index contributed by atoms with van der Waals surface area (Å²) in [5.74, 6) is -1.25. The summed E-state index contributed by atoms with van der Waals surface area (Å²) in [6.45, 7) is 6.75. The molecule has 0 aliphatic carbocycles. The second kappa shape index (κ2) is 7.35. The van der Waals surface area contributed by atoms with Gasteiger partial charge in [-0.2, -0.15) is 0 Å². The maximum Gasteiger partial charge on any atom is 0.358 e. The summed E-state index contributed by atoms with van der Waals surface area (Å²) >= 11 is 1.11. The van der Waals surface area contributed by atoms with Gasteiger partial charge in [0.15, 0.2) is 16.9 Å². The van der Waals surface area contributed by atoms with Crippen LogP contribution in [0.15, 0.2) is 23.6 Å². The summed E-state index contributed by atoms with van der Waals surface area (Å²) in [5, 5.41) is 4.27. The van der Waals surface area contributed by atoms with Crippen LogP contribution in [-0.4, -0.2) is 28.7 Å². The van der Waals surface area contributed by atoms with Crippen LogP contribution in [-0.2, 0) is 9.53 Å². The van der Waals surface area contributed by atoms with Crippen molar-refractivity contribution in [3.8, 4) is 0 Å². The van der Waals surface area contributed by atoms with Gasteiger partial charge >= 0.3 is 5.97 Å². The first-order valence-electron chi connectivity index (χ1n) is 7.33. The molecular weight excluding hydrogens is 328 g/mol. The van der Waals surface area contributed by atoms with E-state index in [1.54, 1.807) is 12.1 Å². The second-order valence-electron chi connectivity index (χ2n) is 5.43. The minimum Gasteiger partial charge on any atom is -0.450 e. The predicted octanol–water partition coefficient (Wildman–Crippen LogP) is 3.15. The summed E-state index contributed by atoms with van der Waals surface area (Å²) in [5.41, 5.74) is 2.64. The van der Waals surface area contributed by atoms with Crippen LogP contribution in [0, 0.1) is 13.8 Å². The zero-order valence-electron chi connectivity index (χ0n) is 13.9. The Hall–Kier alpha value is -2.54. The Morgan fingerprint density at radius 2 is 1.92 bits per heavy atom. The Morgan fingerprint density at radius 1 is 1.21 bits per heavy atom. The molecule has 24 heavy (non-hydrogen) atoms. The topological polar surface area (TPSA) is 85.4 Å². The molecule has 0 saturated heterocycles. The third-order valence-corrected chi connectivity index (χ3v) is 4.20. The zero-order chi connectivity index (χ0) is 17.9. The molecule has 1 N–H and O–H groups in total. The normalized spacial score (nSPS) is 11.7. The van der Waals surface area contributed by atoms with Gasteiger partial charge in [-0.1, -0.05) is 12.1 Å². The van der Waals surface area contributed by atoms with E-state index in [1.165, 1.54) is 19.2 Å². The average Bonchev–Trinajstić information content (AvgIpc) is 2.97. The van der Waals surface area contributed by atoms with Crippen LogP contribution < -0.4 is 5.32 Å². The molecule has 0 radical (unpaired) electrons. The third-order valence-electron chi connectivity index (χ3n) is 3.44. The van der Waals surface area contributed by atoms with Crippen molar-refractivity contribution >= 4 is 34.1 Å². The first-order chi connectivity index (χ1) is 11.3. The molecule has 1 heterocycles. The minimum absolute atomic E-state index is 0.0588. The first kappa shape index (κ1) is 17.8. The lowest BCUT2D eigenvalue weighted by molar-refractivity contribution is -0.114. The number of carbonyl (C=O) groups excluding carboxylic acids is 3. The summed E-state index contributed by atoms with van der Waals surface area (Å²) < 4.78 is 5.18. The molecular formula is C17H18N2O4S. The lowest BCUT2D eigenvalue weighted by Gasteiger charge is -2.12. The summed E-state index contributed by atoms with van der Waals surface area (Å²) in [4.78, 5) is 39.4. The number of Topliss-reactive ketones (excluding diaryl/α,β-unsaturated/α-hetero) is 1. The van der Waals surface area contributed by atoms with Crippen molar-refractivity contribution < 1.29 is 19.1 Å². The summed E-state index contributed by atoms with van der Waals surface area (Å²) in [6, 6.07) is 5.35. The van der Waals surface area contributed by atoms with Crippen LogP contribution in [0.1, 0.15) is 45.8 Å². The number of hydrogen-bond acceptors (Lipinski definition) is 6. The van der Waals surface area contributed by atoms with Gasteiger partial charge in [0.25, 0.3) is 0 Å². The SMILES string of the molecule is CC(=O)Nc1nc(C(=O)OC(C)C(=O)c2ccc(C)c(C)c2)cs1. The molecule has 0 aliphatic rings. The Balaban J connectivity index is 2.05. The van der Waals surface area contributed by atoms with Gasteiger partial charge in [-0.15, -0.1) is 11.3 Å². The predicted molar refractivity (Wildman–Crippen MR) is 91.5 cm³/mol. The first-order valence-corrected chi connectivity index (χ1v) is 8.21. The van der Waals surface area contributed by atoms with Crippen LogP contribution in [0.25, 0.3) is 0 Å². The number of anilines is 1. The van der Waals surface area contributed by atoms with E-state index in [2.05, 4.69) is 10.3 Å². The van der Waals surface area contributed by atoms with E-state index in [-0.39, 0.29) is 17.4 Å². The van der Waals surface area contributed by atoms with E-state index in [4.69, 9.17) is 4.74 Å². The van der Waals surface area contributed by atoms with E-state index < -0.39 is 12.1 Å². The second-order valence-corrected chi connectivity index (χ2v) is 6.29. The van der Waals surface area contributed by atoms with Crippen molar-refractivity contribution in [2.75, 3.05) is 5.32 Å². The molecule has 1 amide bonds. The van der Waals surface area contributed by atoms with Gasteiger partial charge in [0, 0.05) is 17.9 Å². The summed E-state index contributed by atoms with van der Waals surface area (Å²) in [7, 11) is 0. The van der Waals surface area contributed by atoms with Crippen molar-refractivity contribution in [3.63, 3.8) is 0 Å². The molecule has 1 atom stereocenters. The number of hydrogen-bond donors (Lipinski definition) is 1. The number of nitrogens with zero attached hydrogens (tertiary/aromatic N) is 1. The van der Waals surface area contributed by atoms with Crippen molar-refractivity contribution in [3.05, 3.63) is 46.0 Å². The number of nitrogens with one attached hydrogen (secondary N) is 1. The molecule has 6 nitrogen and oxygen atoms in total. The van der Waals surface area contributed by atoms with E-state index >= 15 is 0 Å². The highest BCUT2D eigenvalue weighted by Gasteiger charge is 2.22. The highest BCUT2D eigenvalue weighted by atomic mass is 32.1. The van der Waals surface area contributed by atoms with Crippen LogP contribution in [0.3, 0.4) is 0 Å². The average molecular weight is 346 g/mol. The van der Waals surface area contributed by atoms with Crippen LogP contribution in [0.2, 0.25) is 0 Å². The number of thiazole rings is 1. The standard InChI is InChI=1S/C17H18N2O4S/c1-9-5-6-13(7-10(9)2)15(21)11(3)23-16(22)14-8-24-17(19-14)18-12(4)20/h5-8,11H,1-4H3,(H,18,19,20). The zero-order valence-corrected chi connectivity index (χ0v) is 14.7. The number of rotatable bonds is 5. The molecule has 0 fully saturated rings. The number of aromatic nitrogens is 1. The van der Waals surface area contributed by atoms with Crippen molar-refractivity contribution in [2.45, 2.75) is 33.8 Å². The van der Waals surface area contributed by atoms with Gasteiger partial charge in [0.05, 0.1) is 0 Å². The molecule has 0 saturated carbocycles. The Kier molecular flexibility index (Phi) is 5.46. The van der Waals surface area contributed by atoms with Crippen LogP contribution >= 0.6 is 11.3 Å². The lowest BCUT2D eigenvalue weighted by atomic mass is 10.0. The largest absolute Gasteiger partial charge is 0.450 e. The van der Waals surface area contributed by atoms with Crippen LogP contribution in [0.4, 0.5) is 5.13 Å². The quantitative estimate of drug-likeness (QED) is 0.664. The van der Waals surface area contributed by atoms with Crippen molar-refractivity contribution in [1.82, 2.24) is 4.98 Å². The highest BCUT2D eigenvalue weighted by Crippen LogP contribution is 2.18. The lowest BCUT2D eigenvalue weighted by Crippen LogP contribution is -2.24. The molecule has 1 aromatic carbocycles. The van der Waals surface area contributed by atoms with Gasteiger partial charge in [-0.05, 0) is 38.0 Å². The van der Waals surface area contributed by atoms with Gasteiger partial charge in [-0.25, -0.2) is 9.78 Å². The summed E-state index contributed by atoms with van der Waals surface area (Å²) in [6.07, 6.45) is -0.925. The molecule has 0 bridgehead atoms. The van der Waals surface area contributed by atoms with Gasteiger partial charge in [0.1, 0.15) is 0 Å². The molecule has 1 unspecified atom stereocenters. The Morgan fingerprint density at radius 3 is 2.54 bits per heavy atom. The number of ketones is 1. The fourth-order valence-electron chi connectivity index (χ4n) is 1.98. The molecule has 7 heteroatoms. The van der Waals surface area contributed by atoms with Gasteiger partial charge in [-0.3, -0.25) is 9.59 Å². The third kappa shape index (κ3) is 4.26. The van der Waals surface area contributed by atoms with Gasteiger partial charge in [0.2, 0.25) is 11.7 Å². The number of aryl methyl sites for hydroxylation is 2. The maximum absolute atomic E-state index is 12.4. The Labute approximate surface area is 143 Å². The number of benzene rings is 1. The molecule has 0 aliphatic heterocycles. The van der Waals surface area contributed by atoms with E-state index in [0.717, 1.165) is 22.5 Å². The molecule has 2 aromatic rings. The fourth-order valence-corrected chi connectivity index (χ4v) is 2.71. The van der Waals surface area contributed by atoms with E-state index in [9.17, 15) is 14.4 Å². The molecule has 1 aromatic heterocycles. The highest BCUT2D eigenvalue weighted by molar-refractivity contribution is 7.14. The van der Waals surface area contributed by atoms with Crippen molar-refractivity contribution in [2.24, 2.45) is 0 Å². The van der Waals surface area contributed by atoms with E-state index in [1.807, 2.05) is 19.9 Å². The molecule has 126 valence electrons. The number of amides is 1. The fraction of sp³-hybridized carbons (Fsp3) is 0.294. The van der Waals surface area contributed by atoms with Gasteiger partial charge < -0.3 is 10.1 Å². The Bertz CT molecular complexity index is 798. The van der Waals surface area contributed by atoms with E-state index in [0.29, 0.717) is 10.7 Å². The molecule has 0 spiro atoms. The number of carbonyl (C=O) groups is 3. The minimum atomic E-state index is -0.925. The van der Waals surface area contributed by atoms with Crippen LogP contribution in [0.5, 0.6) is 0 Å². The number of esters is 1. The number of ether oxygens (including phenoxy) is 1. The monoisotopic (exact) mass is 346 g/mol. The maximum atomic E-state index is 12.4. The smallest absolute Gasteiger partial charge is 0.358 e. The van der Waals surface area contributed by atoms with Crippen molar-refractivity contribution in [1.29, 1.82) is 0 Å².